The number of aromatic nitrogens is 1. The molecule has 0 saturated heterocycles. The molecule has 2 aliphatic rings. The van der Waals surface area contributed by atoms with Crippen LogP contribution >= 0.6 is 11.6 Å². The predicted octanol–water partition coefficient (Wildman–Crippen LogP) is 4.74. The molecule has 0 bridgehead atoms. The molecule has 0 radical (unpaired) electrons. The summed E-state index contributed by atoms with van der Waals surface area (Å²) in [7, 11) is 3.46. The number of carbonyl (C=O) groups excluding carboxylic acids is 2. The fourth-order valence-electron chi connectivity index (χ4n) is 4.29. The lowest BCUT2D eigenvalue weighted by Gasteiger charge is -2.20. The minimum Gasteiger partial charge on any atom is -0.492 e. The number of likely N-dealkylation sites (N-methyl/N-ethyl adjacent to an activating group) is 1. The normalized spacial score (nSPS) is 14.0. The van der Waals surface area contributed by atoms with Gasteiger partial charge in [0.05, 0.1) is 18.4 Å². The molecule has 0 atom stereocenters. The Morgan fingerprint density at radius 3 is 2.69 bits per heavy atom. The highest BCUT2D eigenvalue weighted by molar-refractivity contribution is 6.29. The van der Waals surface area contributed by atoms with E-state index >= 15 is 0 Å². The second-order valence-electron chi connectivity index (χ2n) is 8.60. The summed E-state index contributed by atoms with van der Waals surface area (Å²) in [4.78, 5) is 32.3. The Morgan fingerprint density at radius 2 is 1.94 bits per heavy atom. The van der Waals surface area contributed by atoms with Gasteiger partial charge >= 0.3 is 0 Å². The fraction of sp³-hybridized carbons (Fsp3) is 0.222. The number of ether oxygens (including phenoxy) is 3. The van der Waals surface area contributed by atoms with Gasteiger partial charge in [0.1, 0.15) is 5.15 Å². The van der Waals surface area contributed by atoms with Crippen LogP contribution in [0.1, 0.15) is 37.4 Å². The van der Waals surface area contributed by atoms with Crippen LogP contribution in [0.25, 0.3) is 6.08 Å². The number of ketones is 1. The molecular formula is C27H24ClN3O5. The van der Waals surface area contributed by atoms with Gasteiger partial charge in [0.2, 0.25) is 18.3 Å². The van der Waals surface area contributed by atoms with Crippen LogP contribution in [0.3, 0.4) is 0 Å². The fourth-order valence-corrected chi connectivity index (χ4v) is 4.40. The number of halogens is 1. The molecule has 2 aliphatic heterocycles. The molecule has 5 rings (SSSR count). The Kier molecular flexibility index (Phi) is 6.28. The van der Waals surface area contributed by atoms with E-state index in [4.69, 9.17) is 25.8 Å². The van der Waals surface area contributed by atoms with Gasteiger partial charge in [-0.2, -0.15) is 0 Å². The van der Waals surface area contributed by atoms with Crippen molar-refractivity contribution in [2.45, 2.75) is 13.3 Å². The molecule has 36 heavy (non-hydrogen) atoms. The number of aryl methyl sites for hydroxylation is 1. The summed E-state index contributed by atoms with van der Waals surface area (Å²) in [5.74, 6) is 1.22. The Hall–Kier alpha value is -4.04. The van der Waals surface area contributed by atoms with Gasteiger partial charge in [-0.1, -0.05) is 23.7 Å². The van der Waals surface area contributed by atoms with Crippen LogP contribution in [0.4, 0.5) is 5.69 Å². The molecule has 8 nitrogen and oxygen atoms in total. The zero-order valence-electron chi connectivity index (χ0n) is 20.1. The van der Waals surface area contributed by atoms with E-state index in [0.29, 0.717) is 57.9 Å². The minimum absolute atomic E-state index is 0.133. The molecule has 0 saturated carbocycles. The van der Waals surface area contributed by atoms with Crippen molar-refractivity contribution in [3.8, 4) is 17.2 Å². The average molecular weight is 506 g/mol. The first-order valence-electron chi connectivity index (χ1n) is 11.4. The van der Waals surface area contributed by atoms with Crippen LogP contribution < -0.4 is 19.5 Å². The lowest BCUT2D eigenvalue weighted by Crippen LogP contribution is -2.24. The number of rotatable bonds is 5. The predicted molar refractivity (Wildman–Crippen MR) is 136 cm³/mol. The molecule has 0 spiro atoms. The van der Waals surface area contributed by atoms with Gasteiger partial charge in [-0.15, -0.1) is 0 Å². The van der Waals surface area contributed by atoms with Crippen LogP contribution in [-0.4, -0.2) is 49.1 Å². The Bertz CT molecular complexity index is 1400. The standard InChI is InChI=1S/C27H24ClN3O5/c1-15-4-5-17(10-20(15)30-27(33)18-6-7-23(28)29-13-18)24(32)21-12-19-16(8-9-31(21)2)11-22-26(25(19)34-3)36-14-35-22/h4-7,10-13H,8-9,14H2,1-3H3,(H,30,33). The maximum absolute atomic E-state index is 13.7. The number of methoxy groups -OCH3 is 1. The number of carbonyl (C=O) groups is 2. The Labute approximate surface area is 213 Å². The van der Waals surface area contributed by atoms with Crippen LogP contribution in [0.5, 0.6) is 17.2 Å². The number of nitrogens with zero attached hydrogens (tertiary/aromatic N) is 2. The summed E-state index contributed by atoms with van der Waals surface area (Å²) in [5, 5.41) is 3.18. The Balaban J connectivity index is 1.49. The molecule has 1 N–H and O–H groups in total. The third-order valence-electron chi connectivity index (χ3n) is 6.33. The number of fused-ring (bicyclic) bond motifs is 2. The lowest BCUT2D eigenvalue weighted by molar-refractivity contribution is 0.0997. The number of hydrogen-bond acceptors (Lipinski definition) is 7. The molecule has 184 valence electrons. The van der Waals surface area contributed by atoms with Gasteiger partial charge in [-0.3, -0.25) is 9.59 Å². The van der Waals surface area contributed by atoms with Gasteiger partial charge in [-0.05, 0) is 54.8 Å². The summed E-state index contributed by atoms with van der Waals surface area (Å²) in [6, 6.07) is 10.4. The molecule has 3 aromatic rings. The third kappa shape index (κ3) is 4.35. The van der Waals surface area contributed by atoms with E-state index in [9.17, 15) is 9.59 Å². The monoisotopic (exact) mass is 505 g/mol. The number of allylic oxidation sites excluding steroid dienone is 1. The largest absolute Gasteiger partial charge is 0.492 e. The highest BCUT2D eigenvalue weighted by Crippen LogP contribution is 2.46. The van der Waals surface area contributed by atoms with Gasteiger partial charge in [-0.25, -0.2) is 4.98 Å². The van der Waals surface area contributed by atoms with Crippen molar-refractivity contribution in [3.63, 3.8) is 0 Å². The van der Waals surface area contributed by atoms with E-state index in [1.165, 1.54) is 6.20 Å². The number of hydrogen-bond donors (Lipinski definition) is 1. The Morgan fingerprint density at radius 1 is 1.14 bits per heavy atom. The van der Waals surface area contributed by atoms with Crippen molar-refractivity contribution in [3.05, 3.63) is 81.3 Å². The topological polar surface area (TPSA) is 90.0 Å². The molecule has 1 aromatic heterocycles. The molecule has 1 amide bonds. The minimum atomic E-state index is -0.340. The van der Waals surface area contributed by atoms with E-state index < -0.39 is 0 Å². The number of nitrogens with one attached hydrogen (secondary N) is 1. The second-order valence-corrected chi connectivity index (χ2v) is 8.99. The number of Topliss-reactive ketones (excluding diaryl/α,β-unsaturated/α-hetero) is 1. The number of pyridine rings is 1. The highest BCUT2D eigenvalue weighted by Gasteiger charge is 2.28. The first-order valence-corrected chi connectivity index (χ1v) is 11.7. The quantitative estimate of drug-likeness (QED) is 0.395. The van der Waals surface area contributed by atoms with E-state index in [1.54, 1.807) is 31.4 Å². The summed E-state index contributed by atoms with van der Waals surface area (Å²) >= 11 is 5.82. The number of amides is 1. The zero-order valence-corrected chi connectivity index (χ0v) is 20.8. The summed E-state index contributed by atoms with van der Waals surface area (Å²) in [6.45, 7) is 2.63. The SMILES string of the molecule is COc1c2c(cc3c1OCO3)CCN(C)C(C(=O)c1ccc(C)c(NC(=O)c3ccc(Cl)nc3)c1)=C2. The van der Waals surface area contributed by atoms with Gasteiger partial charge in [0.25, 0.3) is 5.91 Å². The van der Waals surface area contributed by atoms with Crippen LogP contribution in [0.15, 0.2) is 48.3 Å². The van der Waals surface area contributed by atoms with Gasteiger partial charge in [0.15, 0.2) is 11.5 Å². The number of benzene rings is 2. The van der Waals surface area contributed by atoms with Gasteiger partial charge < -0.3 is 24.4 Å². The van der Waals surface area contributed by atoms with Gasteiger partial charge in [0, 0.05) is 36.6 Å². The zero-order chi connectivity index (χ0) is 25.4. The van der Waals surface area contributed by atoms with Crippen LogP contribution in [-0.2, 0) is 6.42 Å². The summed E-state index contributed by atoms with van der Waals surface area (Å²) in [5.41, 5.74) is 4.50. The molecule has 9 heteroatoms. The van der Waals surface area contributed by atoms with Crippen LogP contribution in [0, 0.1) is 6.92 Å². The first kappa shape index (κ1) is 23.7. The summed E-state index contributed by atoms with van der Waals surface area (Å²) in [6.07, 6.45) is 3.95. The van der Waals surface area contributed by atoms with Crippen molar-refractivity contribution >= 4 is 35.1 Å². The van der Waals surface area contributed by atoms with Crippen molar-refractivity contribution < 1.29 is 23.8 Å². The van der Waals surface area contributed by atoms with Crippen molar-refractivity contribution in [1.29, 1.82) is 0 Å². The maximum atomic E-state index is 13.7. The number of anilines is 1. The maximum Gasteiger partial charge on any atom is 0.257 e. The molecule has 3 heterocycles. The van der Waals surface area contributed by atoms with Crippen molar-refractivity contribution in [1.82, 2.24) is 9.88 Å². The van der Waals surface area contributed by atoms with E-state index in [0.717, 1.165) is 16.7 Å². The van der Waals surface area contributed by atoms with E-state index in [1.807, 2.05) is 37.1 Å². The van der Waals surface area contributed by atoms with Crippen molar-refractivity contribution in [2.24, 2.45) is 0 Å². The van der Waals surface area contributed by atoms with Crippen LogP contribution in [0.2, 0.25) is 5.15 Å². The average Bonchev–Trinajstić information content (AvgIpc) is 3.28. The van der Waals surface area contributed by atoms with Crippen molar-refractivity contribution in [2.75, 3.05) is 32.8 Å². The van der Waals surface area contributed by atoms with E-state index in [-0.39, 0.29) is 18.5 Å². The summed E-state index contributed by atoms with van der Waals surface area (Å²) < 4.78 is 16.8. The van der Waals surface area contributed by atoms with E-state index in [2.05, 4.69) is 10.3 Å². The molecule has 2 aromatic carbocycles. The molecule has 0 fully saturated rings. The molecular weight excluding hydrogens is 482 g/mol. The second kappa shape index (κ2) is 9.54. The highest BCUT2D eigenvalue weighted by atomic mass is 35.5. The lowest BCUT2D eigenvalue weighted by atomic mass is 10.00. The molecule has 0 aliphatic carbocycles. The first-order chi connectivity index (χ1) is 17.4. The third-order valence-corrected chi connectivity index (χ3v) is 6.55. The smallest absolute Gasteiger partial charge is 0.257 e. The molecule has 0 unspecified atom stereocenters.